The Labute approximate surface area is 122 Å². The van der Waals surface area contributed by atoms with Gasteiger partial charge in [-0.05, 0) is 36.5 Å². The second-order valence-corrected chi connectivity index (χ2v) is 6.29. The SMILES string of the molecule is CC1(C)CCN(c2ccc(C(=N)N)c(C(F)(F)F)c2)CC1. The summed E-state index contributed by atoms with van der Waals surface area (Å²) in [5, 5.41) is 7.29. The van der Waals surface area contributed by atoms with E-state index in [9.17, 15) is 13.2 Å². The number of piperidine rings is 1. The first kappa shape index (κ1) is 15.7. The lowest BCUT2D eigenvalue weighted by molar-refractivity contribution is -0.137. The first-order valence-electron chi connectivity index (χ1n) is 6.91. The van der Waals surface area contributed by atoms with Crippen molar-refractivity contribution >= 4 is 11.5 Å². The fraction of sp³-hybridized carbons (Fsp3) is 0.533. The molecular formula is C15H20F3N3. The van der Waals surface area contributed by atoms with Gasteiger partial charge >= 0.3 is 6.18 Å². The number of hydrogen-bond donors (Lipinski definition) is 2. The minimum Gasteiger partial charge on any atom is -0.384 e. The summed E-state index contributed by atoms with van der Waals surface area (Å²) in [6.07, 6.45) is -2.61. The van der Waals surface area contributed by atoms with E-state index < -0.39 is 17.6 Å². The Morgan fingerprint density at radius 1 is 1.24 bits per heavy atom. The summed E-state index contributed by atoms with van der Waals surface area (Å²) in [6.45, 7) is 5.82. The highest BCUT2D eigenvalue weighted by Crippen LogP contribution is 2.37. The zero-order valence-corrected chi connectivity index (χ0v) is 12.2. The summed E-state index contributed by atoms with van der Waals surface area (Å²) in [5.74, 6) is -0.561. The molecule has 0 aliphatic carbocycles. The molecule has 21 heavy (non-hydrogen) atoms. The standard InChI is InChI=1S/C15H20F3N3/c1-14(2)5-7-21(8-6-14)10-3-4-11(13(19)20)12(9-10)15(16,17)18/h3-4,9H,5-8H2,1-2H3,(H3,19,20). The van der Waals surface area contributed by atoms with Crippen LogP contribution in [0.15, 0.2) is 18.2 Å². The third-order valence-corrected chi connectivity index (χ3v) is 4.08. The average molecular weight is 299 g/mol. The Hall–Kier alpha value is -1.72. The van der Waals surface area contributed by atoms with Crippen molar-refractivity contribution < 1.29 is 13.2 Å². The minimum atomic E-state index is -4.51. The number of halogens is 3. The van der Waals surface area contributed by atoms with Crippen LogP contribution in [0, 0.1) is 10.8 Å². The largest absolute Gasteiger partial charge is 0.417 e. The van der Waals surface area contributed by atoms with Crippen molar-refractivity contribution in [2.75, 3.05) is 18.0 Å². The molecule has 0 amide bonds. The van der Waals surface area contributed by atoms with Crippen LogP contribution in [0.2, 0.25) is 0 Å². The van der Waals surface area contributed by atoms with Crippen molar-refractivity contribution in [1.82, 2.24) is 0 Å². The van der Waals surface area contributed by atoms with E-state index in [1.807, 2.05) is 4.90 Å². The number of rotatable bonds is 2. The molecule has 0 aromatic heterocycles. The summed E-state index contributed by atoms with van der Waals surface area (Å²) in [4.78, 5) is 1.96. The molecule has 0 atom stereocenters. The van der Waals surface area contributed by atoms with Crippen LogP contribution in [0.4, 0.5) is 18.9 Å². The van der Waals surface area contributed by atoms with Crippen LogP contribution < -0.4 is 10.6 Å². The molecule has 2 rings (SSSR count). The lowest BCUT2D eigenvalue weighted by Crippen LogP contribution is -2.37. The van der Waals surface area contributed by atoms with E-state index in [2.05, 4.69) is 13.8 Å². The van der Waals surface area contributed by atoms with Gasteiger partial charge in [-0.3, -0.25) is 5.41 Å². The van der Waals surface area contributed by atoms with E-state index in [1.54, 1.807) is 6.07 Å². The number of benzene rings is 1. The Balaban J connectivity index is 2.33. The van der Waals surface area contributed by atoms with Gasteiger partial charge in [-0.2, -0.15) is 13.2 Å². The molecule has 0 spiro atoms. The smallest absolute Gasteiger partial charge is 0.384 e. The fourth-order valence-electron chi connectivity index (χ4n) is 2.57. The first-order chi connectivity index (χ1) is 9.60. The van der Waals surface area contributed by atoms with Gasteiger partial charge in [0.15, 0.2) is 0 Å². The van der Waals surface area contributed by atoms with Gasteiger partial charge in [0.05, 0.1) is 5.56 Å². The molecule has 0 bridgehead atoms. The highest BCUT2D eigenvalue weighted by atomic mass is 19.4. The molecule has 1 saturated heterocycles. The van der Waals surface area contributed by atoms with Gasteiger partial charge in [0, 0.05) is 24.3 Å². The number of anilines is 1. The molecule has 0 unspecified atom stereocenters. The van der Waals surface area contributed by atoms with E-state index in [-0.39, 0.29) is 11.0 Å². The lowest BCUT2D eigenvalue weighted by atomic mass is 9.82. The van der Waals surface area contributed by atoms with Crippen molar-refractivity contribution in [3.05, 3.63) is 29.3 Å². The first-order valence-corrected chi connectivity index (χ1v) is 6.91. The van der Waals surface area contributed by atoms with Crippen LogP contribution >= 0.6 is 0 Å². The van der Waals surface area contributed by atoms with Crippen molar-refractivity contribution in [3.8, 4) is 0 Å². The van der Waals surface area contributed by atoms with Crippen LogP contribution in [-0.4, -0.2) is 18.9 Å². The van der Waals surface area contributed by atoms with Crippen molar-refractivity contribution in [2.45, 2.75) is 32.9 Å². The minimum absolute atomic E-state index is 0.239. The summed E-state index contributed by atoms with van der Waals surface area (Å²) < 4.78 is 39.3. The lowest BCUT2D eigenvalue weighted by Gasteiger charge is -2.38. The summed E-state index contributed by atoms with van der Waals surface area (Å²) in [5.41, 5.74) is 4.93. The summed E-state index contributed by atoms with van der Waals surface area (Å²) in [6, 6.07) is 4.01. The molecule has 3 nitrogen and oxygen atoms in total. The average Bonchev–Trinajstić information content (AvgIpc) is 2.37. The molecule has 1 aliphatic heterocycles. The Bertz CT molecular complexity index is 540. The van der Waals surface area contributed by atoms with Gasteiger partial charge in [0.25, 0.3) is 0 Å². The maximum Gasteiger partial charge on any atom is 0.417 e. The van der Waals surface area contributed by atoms with Gasteiger partial charge in [-0.25, -0.2) is 0 Å². The monoisotopic (exact) mass is 299 g/mol. The van der Waals surface area contributed by atoms with E-state index >= 15 is 0 Å². The molecular weight excluding hydrogens is 279 g/mol. The molecule has 0 radical (unpaired) electrons. The van der Waals surface area contributed by atoms with E-state index in [1.165, 1.54) is 6.07 Å². The predicted octanol–water partition coefficient (Wildman–Crippen LogP) is 3.62. The molecule has 0 saturated carbocycles. The number of nitrogens with two attached hydrogens (primary N) is 1. The number of hydrogen-bond acceptors (Lipinski definition) is 2. The number of nitrogen functional groups attached to an aromatic ring is 1. The quantitative estimate of drug-likeness (QED) is 0.647. The van der Waals surface area contributed by atoms with Crippen LogP contribution in [0.25, 0.3) is 0 Å². The van der Waals surface area contributed by atoms with Gasteiger partial charge in [-0.1, -0.05) is 13.8 Å². The molecule has 1 aliphatic rings. The van der Waals surface area contributed by atoms with E-state index in [0.717, 1.165) is 32.0 Å². The topological polar surface area (TPSA) is 53.1 Å². The Morgan fingerprint density at radius 3 is 2.29 bits per heavy atom. The van der Waals surface area contributed by atoms with Crippen LogP contribution in [-0.2, 0) is 6.18 Å². The molecule has 116 valence electrons. The molecule has 1 aromatic carbocycles. The summed E-state index contributed by atoms with van der Waals surface area (Å²) in [7, 11) is 0. The zero-order valence-electron chi connectivity index (χ0n) is 12.2. The second kappa shape index (κ2) is 5.24. The van der Waals surface area contributed by atoms with E-state index in [0.29, 0.717) is 5.69 Å². The normalized spacial score (nSPS) is 18.6. The van der Waals surface area contributed by atoms with Crippen molar-refractivity contribution in [1.29, 1.82) is 5.41 Å². The second-order valence-electron chi connectivity index (χ2n) is 6.29. The zero-order chi connectivity index (χ0) is 15.8. The highest BCUT2D eigenvalue weighted by Gasteiger charge is 2.35. The Morgan fingerprint density at radius 2 is 1.81 bits per heavy atom. The highest BCUT2D eigenvalue weighted by molar-refractivity contribution is 5.97. The number of nitrogens with one attached hydrogen (secondary N) is 1. The third-order valence-electron chi connectivity index (χ3n) is 4.08. The van der Waals surface area contributed by atoms with Crippen molar-refractivity contribution in [2.24, 2.45) is 11.1 Å². The molecule has 1 fully saturated rings. The summed E-state index contributed by atoms with van der Waals surface area (Å²) >= 11 is 0. The van der Waals surface area contributed by atoms with Crippen LogP contribution in [0.3, 0.4) is 0 Å². The molecule has 6 heteroatoms. The predicted molar refractivity (Wildman–Crippen MR) is 77.7 cm³/mol. The van der Waals surface area contributed by atoms with E-state index in [4.69, 9.17) is 11.1 Å². The van der Waals surface area contributed by atoms with Gasteiger partial charge in [0.2, 0.25) is 0 Å². The van der Waals surface area contributed by atoms with Crippen molar-refractivity contribution in [3.63, 3.8) is 0 Å². The molecule has 3 N–H and O–H groups in total. The Kier molecular flexibility index (Phi) is 3.91. The number of nitrogens with zero attached hydrogens (tertiary/aromatic N) is 1. The van der Waals surface area contributed by atoms with Gasteiger partial charge in [-0.15, -0.1) is 0 Å². The van der Waals surface area contributed by atoms with Gasteiger partial charge in [0.1, 0.15) is 5.84 Å². The van der Waals surface area contributed by atoms with Gasteiger partial charge < -0.3 is 10.6 Å². The third kappa shape index (κ3) is 3.49. The molecule has 1 aromatic rings. The van der Waals surface area contributed by atoms with Crippen LogP contribution in [0.5, 0.6) is 0 Å². The fourth-order valence-corrected chi connectivity index (χ4v) is 2.57. The number of alkyl halides is 3. The maximum atomic E-state index is 13.1. The molecule has 1 heterocycles. The number of amidine groups is 1. The maximum absolute atomic E-state index is 13.1. The van der Waals surface area contributed by atoms with Crippen LogP contribution in [0.1, 0.15) is 37.8 Å².